The first-order chi connectivity index (χ1) is 19.5. The van der Waals surface area contributed by atoms with E-state index in [1.54, 1.807) is 12.1 Å². The Hall–Kier alpha value is -4.87. The topological polar surface area (TPSA) is 127 Å². The van der Waals surface area contributed by atoms with Gasteiger partial charge in [0.05, 0.1) is 12.6 Å². The van der Waals surface area contributed by atoms with E-state index in [2.05, 4.69) is 5.32 Å². The Bertz CT molecular complexity index is 1560. The number of carbonyl (C=O) groups excluding carboxylic acids is 6. The van der Waals surface area contributed by atoms with E-state index >= 15 is 0 Å². The standard InChI is InChI=1S/C29H26FN5O6/c1-32-25(38)29(26(39)33(2)28(32)41)14-18-12-17(7-10-21(18)34-11-3-4-22(29)34)13-20-23(36)31-27(40)35(24(20)37)15-16-5-8-19(30)9-6-16/h5-10,12-13,22H,3-4,11,14-15H2,1-2H3,(H,31,36,40)/b20-13+/t22-/m0/s1. The molecule has 0 aromatic heterocycles. The van der Waals surface area contributed by atoms with Crippen molar-refractivity contribution in [1.82, 2.24) is 20.0 Å². The molecule has 0 bridgehead atoms. The maximum atomic E-state index is 13.6. The maximum Gasteiger partial charge on any atom is 0.332 e. The SMILES string of the molecule is CN1C(=O)N(C)C(=O)C2(Cc3cc(/C=C4\C(=O)NC(=O)N(Cc5ccc(F)cc5)C4=O)ccc3N3CCC[C@H]32)C1=O. The molecular weight excluding hydrogens is 533 g/mol. The maximum absolute atomic E-state index is 13.6. The molecular formula is C29H26FN5O6. The molecule has 6 rings (SSSR count). The number of halogens is 1. The molecule has 210 valence electrons. The summed E-state index contributed by atoms with van der Waals surface area (Å²) in [5.74, 6) is -3.22. The largest absolute Gasteiger partial charge is 0.367 e. The van der Waals surface area contributed by atoms with Crippen LogP contribution in [-0.4, -0.2) is 77.1 Å². The average molecular weight is 560 g/mol. The van der Waals surface area contributed by atoms with Gasteiger partial charge in [0.2, 0.25) is 11.8 Å². The molecule has 4 aliphatic heterocycles. The Morgan fingerprint density at radius 2 is 1.66 bits per heavy atom. The molecule has 3 saturated heterocycles. The molecule has 1 N–H and O–H groups in total. The average Bonchev–Trinajstić information content (AvgIpc) is 3.46. The highest BCUT2D eigenvalue weighted by Gasteiger charge is 2.63. The predicted molar refractivity (Wildman–Crippen MR) is 142 cm³/mol. The summed E-state index contributed by atoms with van der Waals surface area (Å²) in [6, 6.07) is 8.61. The molecule has 41 heavy (non-hydrogen) atoms. The number of hydrogen-bond acceptors (Lipinski definition) is 7. The summed E-state index contributed by atoms with van der Waals surface area (Å²) < 4.78 is 13.3. The number of barbiturate groups is 2. The number of benzene rings is 2. The van der Waals surface area contributed by atoms with Crippen molar-refractivity contribution in [2.45, 2.75) is 31.8 Å². The first kappa shape index (κ1) is 26.4. The molecule has 4 heterocycles. The highest BCUT2D eigenvalue weighted by molar-refractivity contribution is 6.31. The summed E-state index contributed by atoms with van der Waals surface area (Å²) in [5, 5.41) is 2.17. The highest BCUT2D eigenvalue weighted by atomic mass is 19.1. The lowest BCUT2D eigenvalue weighted by Crippen LogP contribution is -2.70. The van der Waals surface area contributed by atoms with E-state index in [0.29, 0.717) is 29.7 Å². The van der Waals surface area contributed by atoms with Crippen LogP contribution >= 0.6 is 0 Å². The minimum Gasteiger partial charge on any atom is -0.367 e. The Kier molecular flexibility index (Phi) is 6.02. The predicted octanol–water partition coefficient (Wildman–Crippen LogP) is 2.05. The van der Waals surface area contributed by atoms with Crippen LogP contribution in [0.25, 0.3) is 6.08 Å². The third-order valence-corrected chi connectivity index (χ3v) is 8.40. The van der Waals surface area contributed by atoms with Crippen LogP contribution in [0.1, 0.15) is 29.5 Å². The molecule has 11 nitrogen and oxygen atoms in total. The van der Waals surface area contributed by atoms with Gasteiger partial charge in [0.15, 0.2) is 5.41 Å². The van der Waals surface area contributed by atoms with Gasteiger partial charge in [-0.2, -0.15) is 0 Å². The van der Waals surface area contributed by atoms with Crippen molar-refractivity contribution >= 4 is 47.5 Å². The Labute approximate surface area is 234 Å². The summed E-state index contributed by atoms with van der Waals surface area (Å²) in [5.41, 5.74) is 0.709. The quantitative estimate of drug-likeness (QED) is 0.346. The van der Waals surface area contributed by atoms with E-state index < -0.39 is 53.0 Å². The lowest BCUT2D eigenvalue weighted by Gasteiger charge is -2.50. The van der Waals surface area contributed by atoms with Gasteiger partial charge < -0.3 is 4.90 Å². The number of rotatable bonds is 3. The van der Waals surface area contributed by atoms with Gasteiger partial charge in [-0.05, 0) is 66.3 Å². The third kappa shape index (κ3) is 3.92. The van der Waals surface area contributed by atoms with Crippen LogP contribution < -0.4 is 10.2 Å². The van der Waals surface area contributed by atoms with Gasteiger partial charge in [0, 0.05) is 26.3 Å². The van der Waals surface area contributed by atoms with Crippen molar-refractivity contribution in [2.24, 2.45) is 5.41 Å². The second kappa shape index (κ2) is 9.36. The van der Waals surface area contributed by atoms with Gasteiger partial charge in [0.1, 0.15) is 11.4 Å². The molecule has 1 spiro atoms. The fourth-order valence-corrected chi connectivity index (χ4v) is 6.40. The highest BCUT2D eigenvalue weighted by Crippen LogP contribution is 2.49. The van der Waals surface area contributed by atoms with Crippen molar-refractivity contribution < 1.29 is 33.2 Å². The lowest BCUT2D eigenvalue weighted by molar-refractivity contribution is -0.159. The molecule has 0 aliphatic carbocycles. The van der Waals surface area contributed by atoms with E-state index in [0.717, 1.165) is 26.8 Å². The van der Waals surface area contributed by atoms with Gasteiger partial charge in [-0.15, -0.1) is 0 Å². The molecule has 3 fully saturated rings. The molecule has 8 amide bonds. The van der Waals surface area contributed by atoms with Gasteiger partial charge in [-0.1, -0.05) is 18.2 Å². The zero-order chi connectivity index (χ0) is 29.2. The molecule has 0 saturated carbocycles. The molecule has 2 aromatic rings. The fraction of sp³-hybridized carbons (Fsp3) is 0.310. The van der Waals surface area contributed by atoms with Crippen molar-refractivity contribution in [1.29, 1.82) is 0 Å². The number of anilines is 1. The second-order valence-corrected chi connectivity index (χ2v) is 10.7. The number of hydrogen-bond donors (Lipinski definition) is 1. The Balaban J connectivity index is 1.36. The van der Waals surface area contributed by atoms with E-state index in [-0.39, 0.29) is 18.5 Å². The smallest absolute Gasteiger partial charge is 0.332 e. The van der Waals surface area contributed by atoms with Crippen LogP contribution in [0.2, 0.25) is 0 Å². The second-order valence-electron chi connectivity index (χ2n) is 10.7. The minimum atomic E-state index is -1.48. The molecule has 0 radical (unpaired) electrons. The monoisotopic (exact) mass is 559 g/mol. The van der Waals surface area contributed by atoms with Crippen LogP contribution in [0.3, 0.4) is 0 Å². The molecule has 12 heteroatoms. The molecule has 2 aromatic carbocycles. The van der Waals surface area contributed by atoms with Crippen LogP contribution in [0.5, 0.6) is 0 Å². The number of urea groups is 2. The fourth-order valence-electron chi connectivity index (χ4n) is 6.40. The zero-order valence-electron chi connectivity index (χ0n) is 22.3. The Morgan fingerprint density at radius 1 is 0.976 bits per heavy atom. The first-order valence-corrected chi connectivity index (χ1v) is 13.2. The zero-order valence-corrected chi connectivity index (χ0v) is 22.3. The van der Waals surface area contributed by atoms with Crippen molar-refractivity contribution in [3.8, 4) is 0 Å². The first-order valence-electron chi connectivity index (χ1n) is 13.2. The van der Waals surface area contributed by atoms with Crippen LogP contribution in [0.4, 0.5) is 19.7 Å². The molecule has 4 aliphatic rings. The van der Waals surface area contributed by atoms with Gasteiger partial charge >= 0.3 is 12.1 Å². The van der Waals surface area contributed by atoms with E-state index in [1.807, 2.05) is 11.0 Å². The molecule has 1 atom stereocenters. The number of amides is 8. The number of nitrogens with zero attached hydrogens (tertiary/aromatic N) is 4. The third-order valence-electron chi connectivity index (χ3n) is 8.40. The van der Waals surface area contributed by atoms with Crippen LogP contribution in [0, 0.1) is 11.2 Å². The van der Waals surface area contributed by atoms with Crippen molar-refractivity contribution in [3.05, 3.63) is 70.5 Å². The van der Waals surface area contributed by atoms with E-state index in [4.69, 9.17) is 0 Å². The molecule has 0 unspecified atom stereocenters. The van der Waals surface area contributed by atoms with E-state index in [1.165, 1.54) is 44.4 Å². The lowest BCUT2D eigenvalue weighted by atomic mass is 9.68. The van der Waals surface area contributed by atoms with Crippen molar-refractivity contribution in [3.63, 3.8) is 0 Å². The van der Waals surface area contributed by atoms with Gasteiger partial charge in [0.25, 0.3) is 11.8 Å². The minimum absolute atomic E-state index is 0.0511. The van der Waals surface area contributed by atoms with Gasteiger partial charge in [-0.3, -0.25) is 39.2 Å². The number of fused-ring (bicyclic) bond motifs is 4. The van der Waals surface area contributed by atoms with Crippen LogP contribution in [0.15, 0.2) is 48.0 Å². The summed E-state index contributed by atoms with van der Waals surface area (Å²) in [6.45, 7) is 0.464. The summed E-state index contributed by atoms with van der Waals surface area (Å²) >= 11 is 0. The summed E-state index contributed by atoms with van der Waals surface area (Å²) in [6.07, 6.45) is 2.80. The Morgan fingerprint density at radius 3 is 2.34 bits per heavy atom. The summed E-state index contributed by atoms with van der Waals surface area (Å²) in [7, 11) is 2.74. The van der Waals surface area contributed by atoms with Crippen LogP contribution in [-0.2, 0) is 32.1 Å². The number of imide groups is 4. The van der Waals surface area contributed by atoms with Crippen molar-refractivity contribution in [2.75, 3.05) is 25.5 Å². The number of nitrogens with one attached hydrogen (secondary N) is 1. The normalized spacial score (nSPS) is 23.0. The van der Waals surface area contributed by atoms with E-state index in [9.17, 15) is 33.2 Å². The number of carbonyl (C=O) groups is 6. The van der Waals surface area contributed by atoms with Gasteiger partial charge in [-0.25, -0.2) is 14.0 Å². The summed E-state index contributed by atoms with van der Waals surface area (Å²) in [4.78, 5) is 83.0.